The molecule has 1 unspecified atom stereocenters. The maximum absolute atomic E-state index is 14.0. The molecule has 116 valence electrons. The topological polar surface area (TPSA) is 41.6 Å². The number of ether oxygens (including phenoxy) is 1. The molecule has 0 bridgehead atoms. The summed E-state index contributed by atoms with van der Waals surface area (Å²) in [5.74, 6) is 0.434. The van der Waals surface area contributed by atoms with Crippen LogP contribution in [0.15, 0.2) is 18.2 Å². The number of methoxy groups -OCH3 is 1. The SMILES string of the molecule is COc1cccc(F)c1C(C)NC1CCN(C(C)=O)CC1. The minimum atomic E-state index is -0.254. The van der Waals surface area contributed by atoms with Crippen LogP contribution in [0.5, 0.6) is 5.75 Å². The zero-order valence-electron chi connectivity index (χ0n) is 12.9. The molecule has 0 saturated carbocycles. The minimum Gasteiger partial charge on any atom is -0.496 e. The van der Waals surface area contributed by atoms with Gasteiger partial charge in [0.05, 0.1) is 7.11 Å². The van der Waals surface area contributed by atoms with E-state index in [1.807, 2.05) is 11.8 Å². The van der Waals surface area contributed by atoms with Gasteiger partial charge in [0.25, 0.3) is 0 Å². The van der Waals surface area contributed by atoms with Gasteiger partial charge >= 0.3 is 0 Å². The number of hydrogen-bond acceptors (Lipinski definition) is 3. The standard InChI is InChI=1S/C16H23FN2O2/c1-11(16-14(17)5-4-6-15(16)21-3)18-13-7-9-19(10-8-13)12(2)20/h4-6,11,13,18H,7-10H2,1-3H3. The van der Waals surface area contributed by atoms with E-state index in [1.165, 1.54) is 6.07 Å². The Morgan fingerprint density at radius 3 is 2.67 bits per heavy atom. The molecule has 0 aliphatic carbocycles. The molecule has 5 heteroatoms. The summed E-state index contributed by atoms with van der Waals surface area (Å²) in [6, 6.07) is 5.04. The second kappa shape index (κ2) is 6.89. The smallest absolute Gasteiger partial charge is 0.219 e. The highest BCUT2D eigenvalue weighted by atomic mass is 19.1. The van der Waals surface area contributed by atoms with E-state index in [1.54, 1.807) is 26.2 Å². The van der Waals surface area contributed by atoms with Crippen molar-refractivity contribution in [1.29, 1.82) is 0 Å². The number of rotatable bonds is 4. The van der Waals surface area contributed by atoms with Crippen molar-refractivity contribution in [3.05, 3.63) is 29.6 Å². The summed E-state index contributed by atoms with van der Waals surface area (Å²) in [7, 11) is 1.55. The number of halogens is 1. The quantitative estimate of drug-likeness (QED) is 0.927. The third-order valence-corrected chi connectivity index (χ3v) is 4.09. The lowest BCUT2D eigenvalue weighted by atomic mass is 10.0. The number of likely N-dealkylation sites (tertiary alicyclic amines) is 1. The fourth-order valence-electron chi connectivity index (χ4n) is 2.91. The van der Waals surface area contributed by atoms with Crippen LogP contribution >= 0.6 is 0 Å². The third kappa shape index (κ3) is 3.73. The maximum Gasteiger partial charge on any atom is 0.219 e. The first-order chi connectivity index (χ1) is 10.0. The van der Waals surface area contributed by atoms with Gasteiger partial charge in [-0.3, -0.25) is 4.79 Å². The number of carbonyl (C=O) groups is 1. The Bertz CT molecular complexity index is 499. The molecule has 1 aliphatic rings. The molecule has 2 rings (SSSR count). The monoisotopic (exact) mass is 294 g/mol. The van der Waals surface area contributed by atoms with Crippen LogP contribution in [-0.4, -0.2) is 37.0 Å². The molecular weight excluding hydrogens is 271 g/mol. The maximum atomic E-state index is 14.0. The second-order valence-corrected chi connectivity index (χ2v) is 5.52. The molecule has 4 nitrogen and oxygen atoms in total. The van der Waals surface area contributed by atoms with Gasteiger partial charge in [-0.05, 0) is 31.9 Å². The lowest BCUT2D eigenvalue weighted by molar-refractivity contribution is -0.129. The Labute approximate surface area is 125 Å². The predicted molar refractivity (Wildman–Crippen MR) is 79.8 cm³/mol. The van der Waals surface area contributed by atoms with Crippen molar-refractivity contribution in [1.82, 2.24) is 10.2 Å². The van der Waals surface area contributed by atoms with Crippen LogP contribution in [0.1, 0.15) is 38.3 Å². The average Bonchev–Trinajstić information content (AvgIpc) is 2.47. The predicted octanol–water partition coefficient (Wildman–Crippen LogP) is 2.50. The number of nitrogens with zero attached hydrogens (tertiary/aromatic N) is 1. The molecule has 1 atom stereocenters. The van der Waals surface area contributed by atoms with Crippen LogP contribution < -0.4 is 10.1 Å². The zero-order chi connectivity index (χ0) is 15.4. The van der Waals surface area contributed by atoms with Crippen molar-refractivity contribution in [3.8, 4) is 5.75 Å². The number of amides is 1. The van der Waals surface area contributed by atoms with E-state index in [-0.39, 0.29) is 17.8 Å². The van der Waals surface area contributed by atoms with E-state index < -0.39 is 0 Å². The fourth-order valence-corrected chi connectivity index (χ4v) is 2.91. The average molecular weight is 294 g/mol. The van der Waals surface area contributed by atoms with Crippen molar-refractivity contribution in [3.63, 3.8) is 0 Å². The molecular formula is C16H23FN2O2. The van der Waals surface area contributed by atoms with Gasteiger partial charge in [0, 0.05) is 37.7 Å². The summed E-state index contributed by atoms with van der Waals surface area (Å²) in [4.78, 5) is 13.2. The molecule has 1 heterocycles. The number of piperidine rings is 1. The Morgan fingerprint density at radius 2 is 2.10 bits per heavy atom. The van der Waals surface area contributed by atoms with Crippen LogP contribution in [0.2, 0.25) is 0 Å². The Kier molecular flexibility index (Phi) is 5.17. The third-order valence-electron chi connectivity index (χ3n) is 4.09. The Hall–Kier alpha value is -1.62. The highest BCUT2D eigenvalue weighted by molar-refractivity contribution is 5.73. The van der Waals surface area contributed by atoms with Gasteiger partial charge < -0.3 is 15.0 Å². The van der Waals surface area contributed by atoms with E-state index in [0.717, 1.165) is 25.9 Å². The Morgan fingerprint density at radius 1 is 1.43 bits per heavy atom. The van der Waals surface area contributed by atoms with Crippen molar-refractivity contribution in [2.24, 2.45) is 0 Å². The van der Waals surface area contributed by atoms with Gasteiger partial charge in [-0.15, -0.1) is 0 Å². The molecule has 1 aromatic carbocycles. The van der Waals surface area contributed by atoms with Gasteiger partial charge in [-0.2, -0.15) is 0 Å². The molecule has 0 spiro atoms. The van der Waals surface area contributed by atoms with Gasteiger partial charge in [0.1, 0.15) is 11.6 Å². The van der Waals surface area contributed by atoms with E-state index in [4.69, 9.17) is 4.74 Å². The number of hydrogen-bond donors (Lipinski definition) is 1. The summed E-state index contributed by atoms with van der Waals surface area (Å²) in [6.07, 6.45) is 1.78. The lowest BCUT2D eigenvalue weighted by Gasteiger charge is -2.33. The van der Waals surface area contributed by atoms with Gasteiger partial charge in [0.15, 0.2) is 0 Å². The van der Waals surface area contributed by atoms with Crippen LogP contribution in [0.3, 0.4) is 0 Å². The molecule has 1 aliphatic heterocycles. The van der Waals surface area contributed by atoms with Crippen LogP contribution in [0, 0.1) is 5.82 Å². The summed E-state index contributed by atoms with van der Waals surface area (Å²) >= 11 is 0. The molecule has 1 N–H and O–H groups in total. The summed E-state index contributed by atoms with van der Waals surface area (Å²) in [5.41, 5.74) is 0.564. The molecule has 0 radical (unpaired) electrons. The van der Waals surface area contributed by atoms with E-state index >= 15 is 0 Å². The molecule has 1 saturated heterocycles. The summed E-state index contributed by atoms with van der Waals surface area (Å²) in [6.45, 7) is 5.06. The largest absolute Gasteiger partial charge is 0.496 e. The number of carbonyl (C=O) groups excluding carboxylic acids is 1. The summed E-state index contributed by atoms with van der Waals surface area (Å²) in [5, 5.41) is 3.45. The first-order valence-electron chi connectivity index (χ1n) is 7.37. The van der Waals surface area contributed by atoms with Crippen LogP contribution in [0.25, 0.3) is 0 Å². The number of benzene rings is 1. The fraction of sp³-hybridized carbons (Fsp3) is 0.562. The van der Waals surface area contributed by atoms with Gasteiger partial charge in [0.2, 0.25) is 5.91 Å². The molecule has 21 heavy (non-hydrogen) atoms. The Balaban J connectivity index is 2.00. The zero-order valence-corrected chi connectivity index (χ0v) is 12.9. The lowest BCUT2D eigenvalue weighted by Crippen LogP contribution is -2.44. The number of nitrogens with one attached hydrogen (secondary N) is 1. The van der Waals surface area contributed by atoms with E-state index in [9.17, 15) is 9.18 Å². The highest BCUT2D eigenvalue weighted by Crippen LogP contribution is 2.28. The van der Waals surface area contributed by atoms with Gasteiger partial charge in [-0.25, -0.2) is 4.39 Å². The van der Waals surface area contributed by atoms with E-state index in [2.05, 4.69) is 5.32 Å². The molecule has 1 amide bonds. The second-order valence-electron chi connectivity index (χ2n) is 5.52. The van der Waals surface area contributed by atoms with Crippen LogP contribution in [0.4, 0.5) is 4.39 Å². The van der Waals surface area contributed by atoms with Crippen molar-refractivity contribution < 1.29 is 13.9 Å². The van der Waals surface area contributed by atoms with Gasteiger partial charge in [-0.1, -0.05) is 6.07 Å². The molecule has 1 aromatic rings. The highest BCUT2D eigenvalue weighted by Gasteiger charge is 2.24. The molecule has 1 fully saturated rings. The van der Waals surface area contributed by atoms with E-state index in [0.29, 0.717) is 17.4 Å². The van der Waals surface area contributed by atoms with Crippen molar-refractivity contribution in [2.75, 3.05) is 20.2 Å². The van der Waals surface area contributed by atoms with Crippen molar-refractivity contribution >= 4 is 5.91 Å². The minimum absolute atomic E-state index is 0.122. The first kappa shape index (κ1) is 15.8. The molecule has 0 aromatic heterocycles. The van der Waals surface area contributed by atoms with Crippen molar-refractivity contribution in [2.45, 2.75) is 38.8 Å². The first-order valence-corrected chi connectivity index (χ1v) is 7.37. The van der Waals surface area contributed by atoms with Crippen LogP contribution in [-0.2, 0) is 4.79 Å². The normalized spacial score (nSPS) is 17.6. The summed E-state index contributed by atoms with van der Waals surface area (Å²) < 4.78 is 19.3.